The van der Waals surface area contributed by atoms with E-state index in [0.29, 0.717) is 13.1 Å². The van der Waals surface area contributed by atoms with Gasteiger partial charge < -0.3 is 9.80 Å². The van der Waals surface area contributed by atoms with Crippen LogP contribution in [0.15, 0.2) is 42.5 Å². The number of amides is 1. The van der Waals surface area contributed by atoms with Crippen LogP contribution in [0.25, 0.3) is 21.1 Å². The number of benzene rings is 2. The van der Waals surface area contributed by atoms with Gasteiger partial charge in [0.05, 0.1) is 21.3 Å². The summed E-state index contributed by atoms with van der Waals surface area (Å²) in [5.41, 5.74) is 4.93. The van der Waals surface area contributed by atoms with Crippen molar-refractivity contribution < 1.29 is 4.79 Å². The molecule has 1 amide bonds. The molecular formula is C26H26ClN5OS. The highest BCUT2D eigenvalue weighted by molar-refractivity contribution is 7.22. The van der Waals surface area contributed by atoms with Gasteiger partial charge in [0.25, 0.3) is 5.91 Å². The third kappa shape index (κ3) is 3.82. The number of piperazine rings is 1. The number of aromatic nitrogens is 2. The molecule has 0 bridgehead atoms. The second-order valence-corrected chi connectivity index (χ2v) is 10.4. The summed E-state index contributed by atoms with van der Waals surface area (Å²) < 4.78 is 1.09. The first kappa shape index (κ1) is 21.8. The predicted octanol–water partition coefficient (Wildman–Crippen LogP) is 4.84. The van der Waals surface area contributed by atoms with E-state index in [0.717, 1.165) is 87.2 Å². The Kier molecular flexibility index (Phi) is 5.63. The van der Waals surface area contributed by atoms with Crippen LogP contribution in [0.2, 0.25) is 5.02 Å². The lowest BCUT2D eigenvalue weighted by atomic mass is 9.94. The maximum absolute atomic E-state index is 13.9. The van der Waals surface area contributed by atoms with Gasteiger partial charge in [-0.1, -0.05) is 48.1 Å². The van der Waals surface area contributed by atoms with Gasteiger partial charge in [0, 0.05) is 67.4 Å². The predicted molar refractivity (Wildman–Crippen MR) is 139 cm³/mol. The van der Waals surface area contributed by atoms with E-state index in [-0.39, 0.29) is 5.91 Å². The minimum Gasteiger partial charge on any atom is -0.345 e. The van der Waals surface area contributed by atoms with Crippen LogP contribution in [0.1, 0.15) is 28.5 Å². The zero-order valence-corrected chi connectivity index (χ0v) is 20.7. The maximum atomic E-state index is 13.9. The normalized spacial score (nSPS) is 16.9. The lowest BCUT2D eigenvalue weighted by molar-refractivity contribution is 0.0745. The van der Waals surface area contributed by atoms with E-state index in [1.54, 1.807) is 11.3 Å². The van der Waals surface area contributed by atoms with Crippen LogP contribution in [-0.4, -0.2) is 64.9 Å². The zero-order valence-electron chi connectivity index (χ0n) is 19.1. The van der Waals surface area contributed by atoms with Crippen molar-refractivity contribution in [3.05, 3.63) is 64.3 Å². The highest BCUT2D eigenvalue weighted by Crippen LogP contribution is 2.32. The smallest absolute Gasteiger partial charge is 0.255 e. The lowest BCUT2D eigenvalue weighted by Gasteiger charge is -2.36. The Morgan fingerprint density at radius 2 is 1.85 bits per heavy atom. The average Bonchev–Trinajstić information content (AvgIpc) is 3.30. The summed E-state index contributed by atoms with van der Waals surface area (Å²) in [6.07, 6.45) is 0.893. The number of hydrogen-bond donors (Lipinski definition) is 0. The number of nitrogens with zero attached hydrogens (tertiary/aromatic N) is 5. The molecule has 0 atom stereocenters. The third-order valence-electron chi connectivity index (χ3n) is 6.96. The topological polar surface area (TPSA) is 52.6 Å². The fraction of sp³-hybridized carbons (Fsp3) is 0.346. The number of thiazole rings is 1. The van der Waals surface area contributed by atoms with Crippen LogP contribution >= 0.6 is 22.9 Å². The molecule has 34 heavy (non-hydrogen) atoms. The molecule has 8 heteroatoms. The standard InChI is InChI=1S/C26H26ClN5OS/c1-2-30-10-9-21-19(16-30)24(18-5-3-4-6-20(18)28-21)25(33)31-11-13-32(14-12-31)26-29-22-8-7-17(27)15-23(22)34-26/h3-8,15H,2,9-14,16H2,1H3. The molecule has 0 N–H and O–H groups in total. The first-order valence-corrected chi connectivity index (χ1v) is 13.0. The van der Waals surface area contributed by atoms with Crippen LogP contribution in [0, 0.1) is 0 Å². The molecule has 0 unspecified atom stereocenters. The second-order valence-electron chi connectivity index (χ2n) is 8.94. The van der Waals surface area contributed by atoms with Crippen molar-refractivity contribution in [1.29, 1.82) is 0 Å². The first-order valence-electron chi connectivity index (χ1n) is 11.8. The average molecular weight is 492 g/mol. The SMILES string of the molecule is CCN1CCc2nc3ccccc3c(C(=O)N3CCN(c4nc5ccc(Cl)cc5s4)CC3)c2C1. The summed E-state index contributed by atoms with van der Waals surface area (Å²) in [5, 5.41) is 2.69. The molecule has 0 saturated carbocycles. The zero-order chi connectivity index (χ0) is 23.2. The highest BCUT2D eigenvalue weighted by atomic mass is 35.5. The molecule has 0 spiro atoms. The Hall–Kier alpha value is -2.74. The molecule has 0 aliphatic carbocycles. The summed E-state index contributed by atoms with van der Waals surface area (Å²) in [5.74, 6) is 0.128. The number of anilines is 1. The minimum atomic E-state index is 0.128. The lowest BCUT2D eigenvalue weighted by Crippen LogP contribution is -2.49. The van der Waals surface area contributed by atoms with Gasteiger partial charge in [-0.15, -0.1) is 0 Å². The molecule has 4 heterocycles. The molecule has 2 aliphatic heterocycles. The number of carbonyl (C=O) groups is 1. The number of halogens is 1. The van der Waals surface area contributed by atoms with Crippen LogP contribution in [0.3, 0.4) is 0 Å². The van der Waals surface area contributed by atoms with Gasteiger partial charge in [0.15, 0.2) is 5.13 Å². The van der Waals surface area contributed by atoms with Gasteiger partial charge >= 0.3 is 0 Å². The largest absolute Gasteiger partial charge is 0.345 e. The number of para-hydroxylation sites is 1. The number of fused-ring (bicyclic) bond motifs is 3. The minimum absolute atomic E-state index is 0.128. The van der Waals surface area contributed by atoms with E-state index in [1.807, 2.05) is 47.4 Å². The molecule has 0 radical (unpaired) electrons. The van der Waals surface area contributed by atoms with Crippen molar-refractivity contribution >= 4 is 55.1 Å². The number of likely N-dealkylation sites (N-methyl/N-ethyl adjacent to an activating group) is 1. The van der Waals surface area contributed by atoms with Gasteiger partial charge in [-0.05, 0) is 30.8 Å². The molecule has 2 aromatic carbocycles. The molecule has 1 saturated heterocycles. The Balaban J connectivity index is 1.28. The van der Waals surface area contributed by atoms with Crippen molar-refractivity contribution in [2.75, 3.05) is 44.2 Å². The summed E-state index contributed by atoms with van der Waals surface area (Å²) in [4.78, 5) is 30.3. The fourth-order valence-corrected chi connectivity index (χ4v) is 6.33. The summed E-state index contributed by atoms with van der Waals surface area (Å²) in [6.45, 7) is 7.84. The van der Waals surface area contributed by atoms with E-state index >= 15 is 0 Å². The summed E-state index contributed by atoms with van der Waals surface area (Å²) >= 11 is 7.81. The monoisotopic (exact) mass is 491 g/mol. The summed E-state index contributed by atoms with van der Waals surface area (Å²) in [7, 11) is 0. The van der Waals surface area contributed by atoms with Gasteiger partial charge in [-0.25, -0.2) is 4.98 Å². The first-order chi connectivity index (χ1) is 16.6. The van der Waals surface area contributed by atoms with Crippen molar-refractivity contribution in [2.45, 2.75) is 19.9 Å². The van der Waals surface area contributed by atoms with Crippen LogP contribution in [0.5, 0.6) is 0 Å². The van der Waals surface area contributed by atoms with Gasteiger partial charge in [-0.2, -0.15) is 0 Å². The van der Waals surface area contributed by atoms with Crippen molar-refractivity contribution in [1.82, 2.24) is 19.8 Å². The van der Waals surface area contributed by atoms with E-state index in [4.69, 9.17) is 21.6 Å². The van der Waals surface area contributed by atoms with E-state index in [9.17, 15) is 4.79 Å². The Labute approximate surface area is 207 Å². The maximum Gasteiger partial charge on any atom is 0.255 e. The molecule has 6 rings (SSSR count). The Morgan fingerprint density at radius 3 is 2.68 bits per heavy atom. The van der Waals surface area contributed by atoms with E-state index < -0.39 is 0 Å². The van der Waals surface area contributed by atoms with Crippen molar-refractivity contribution in [3.63, 3.8) is 0 Å². The van der Waals surface area contributed by atoms with Gasteiger partial charge in [0.1, 0.15) is 0 Å². The number of hydrogen-bond acceptors (Lipinski definition) is 6. The molecule has 4 aromatic rings. The molecule has 6 nitrogen and oxygen atoms in total. The molecular weight excluding hydrogens is 466 g/mol. The number of rotatable bonds is 3. The van der Waals surface area contributed by atoms with Crippen LogP contribution < -0.4 is 4.90 Å². The Morgan fingerprint density at radius 1 is 1.03 bits per heavy atom. The van der Waals surface area contributed by atoms with Crippen molar-refractivity contribution in [2.24, 2.45) is 0 Å². The van der Waals surface area contributed by atoms with Crippen LogP contribution in [-0.2, 0) is 13.0 Å². The van der Waals surface area contributed by atoms with Gasteiger partial charge in [-0.3, -0.25) is 14.7 Å². The van der Waals surface area contributed by atoms with E-state index in [1.165, 1.54) is 0 Å². The van der Waals surface area contributed by atoms with Crippen LogP contribution in [0.4, 0.5) is 5.13 Å². The number of pyridine rings is 1. The van der Waals surface area contributed by atoms with E-state index in [2.05, 4.69) is 16.7 Å². The second kappa shape index (κ2) is 8.80. The molecule has 174 valence electrons. The van der Waals surface area contributed by atoms with Gasteiger partial charge in [0.2, 0.25) is 0 Å². The molecule has 2 aliphatic rings. The molecule has 2 aromatic heterocycles. The number of carbonyl (C=O) groups excluding carboxylic acids is 1. The third-order valence-corrected chi connectivity index (χ3v) is 8.28. The Bertz CT molecular complexity index is 1390. The van der Waals surface area contributed by atoms with Crippen molar-refractivity contribution in [3.8, 4) is 0 Å². The summed E-state index contributed by atoms with van der Waals surface area (Å²) in [6, 6.07) is 13.9. The fourth-order valence-electron chi connectivity index (χ4n) is 5.04. The highest BCUT2D eigenvalue weighted by Gasteiger charge is 2.30. The quantitative estimate of drug-likeness (QED) is 0.410. The molecule has 1 fully saturated rings.